The Hall–Kier alpha value is -0.460. The molecule has 0 bridgehead atoms. The Morgan fingerprint density at radius 2 is 2.38 bits per heavy atom. The number of rotatable bonds is 3. The highest BCUT2D eigenvalue weighted by atomic mass is 14.6. The van der Waals surface area contributed by atoms with Gasteiger partial charge in [-0.1, -0.05) is 19.4 Å². The van der Waals surface area contributed by atoms with Gasteiger partial charge >= 0.3 is 0 Å². The molecule has 1 heteroatoms. The van der Waals surface area contributed by atoms with Crippen molar-refractivity contribution in [1.29, 1.82) is 0 Å². The standard InChI is InChI=1S/C7H14N/c1-3-5-7(8)6-4-2/h5H,1,3-4,6,8H2,2H3. The molecule has 0 aliphatic heterocycles. The summed E-state index contributed by atoms with van der Waals surface area (Å²) in [5.74, 6) is 0. The molecule has 0 unspecified atom stereocenters. The summed E-state index contributed by atoms with van der Waals surface area (Å²) in [4.78, 5) is 0. The third-order valence-electron chi connectivity index (χ3n) is 0.945. The second-order valence-electron chi connectivity index (χ2n) is 1.82. The van der Waals surface area contributed by atoms with Crippen molar-refractivity contribution in [3.8, 4) is 0 Å². The van der Waals surface area contributed by atoms with Crippen LogP contribution in [0.5, 0.6) is 0 Å². The molecule has 0 saturated carbocycles. The van der Waals surface area contributed by atoms with Crippen molar-refractivity contribution in [3.05, 3.63) is 18.7 Å². The molecule has 0 amide bonds. The van der Waals surface area contributed by atoms with E-state index in [9.17, 15) is 0 Å². The molecular formula is C7H14N. The molecule has 0 aromatic rings. The Kier molecular flexibility index (Phi) is 4.42. The van der Waals surface area contributed by atoms with Gasteiger partial charge in [0.05, 0.1) is 0 Å². The lowest BCUT2D eigenvalue weighted by atomic mass is 10.2. The quantitative estimate of drug-likeness (QED) is 0.592. The third kappa shape index (κ3) is 3.72. The van der Waals surface area contributed by atoms with E-state index in [4.69, 9.17) is 5.73 Å². The van der Waals surface area contributed by atoms with Crippen LogP contribution < -0.4 is 5.73 Å². The lowest BCUT2D eigenvalue weighted by molar-refractivity contribution is 0.886. The molecule has 47 valence electrons. The molecule has 1 nitrogen and oxygen atoms in total. The summed E-state index contributed by atoms with van der Waals surface area (Å²) in [6.07, 6.45) is 4.91. The summed E-state index contributed by atoms with van der Waals surface area (Å²) < 4.78 is 0. The highest BCUT2D eigenvalue weighted by molar-refractivity contribution is 4.95. The highest BCUT2D eigenvalue weighted by Gasteiger charge is 1.82. The zero-order chi connectivity index (χ0) is 6.41. The van der Waals surface area contributed by atoms with Crippen LogP contribution in [0.25, 0.3) is 0 Å². The number of hydrogen-bond acceptors (Lipinski definition) is 1. The van der Waals surface area contributed by atoms with Crippen LogP contribution in [0.3, 0.4) is 0 Å². The fraction of sp³-hybridized carbons (Fsp3) is 0.571. The first-order valence-corrected chi connectivity index (χ1v) is 3.05. The SMILES string of the molecule is [CH2]CC=C(N)CCC. The second kappa shape index (κ2) is 4.69. The van der Waals surface area contributed by atoms with E-state index in [1.807, 2.05) is 6.08 Å². The normalized spacial score (nSPS) is 12.0. The van der Waals surface area contributed by atoms with Gasteiger partial charge in [-0.2, -0.15) is 0 Å². The third-order valence-corrected chi connectivity index (χ3v) is 0.945. The molecule has 0 aliphatic rings. The lowest BCUT2D eigenvalue weighted by Gasteiger charge is -1.93. The maximum atomic E-state index is 5.52. The molecule has 0 spiro atoms. The average molecular weight is 112 g/mol. The van der Waals surface area contributed by atoms with E-state index in [-0.39, 0.29) is 0 Å². The van der Waals surface area contributed by atoms with Gasteiger partial charge in [0.25, 0.3) is 0 Å². The first kappa shape index (κ1) is 7.54. The van der Waals surface area contributed by atoms with Crippen molar-refractivity contribution in [2.45, 2.75) is 26.2 Å². The largest absolute Gasteiger partial charge is 0.402 e. The van der Waals surface area contributed by atoms with Crippen LogP contribution in [0, 0.1) is 6.92 Å². The van der Waals surface area contributed by atoms with Gasteiger partial charge in [-0.3, -0.25) is 0 Å². The van der Waals surface area contributed by atoms with Crippen LogP contribution in [-0.2, 0) is 0 Å². The second-order valence-corrected chi connectivity index (χ2v) is 1.82. The summed E-state index contributed by atoms with van der Waals surface area (Å²) in [5.41, 5.74) is 6.49. The van der Waals surface area contributed by atoms with E-state index in [0.717, 1.165) is 25.0 Å². The smallest absolute Gasteiger partial charge is 0.00398 e. The van der Waals surface area contributed by atoms with Crippen LogP contribution in [0.4, 0.5) is 0 Å². The minimum absolute atomic E-state index is 0.811. The van der Waals surface area contributed by atoms with Crippen LogP contribution in [0.1, 0.15) is 26.2 Å². The van der Waals surface area contributed by atoms with Crippen LogP contribution >= 0.6 is 0 Å². The molecule has 0 rings (SSSR count). The van der Waals surface area contributed by atoms with Gasteiger partial charge in [0.1, 0.15) is 0 Å². The van der Waals surface area contributed by atoms with Crippen molar-refractivity contribution >= 4 is 0 Å². The van der Waals surface area contributed by atoms with Gasteiger partial charge in [0, 0.05) is 5.70 Å². The first-order valence-electron chi connectivity index (χ1n) is 3.05. The fourth-order valence-electron chi connectivity index (χ4n) is 0.576. The summed E-state index contributed by atoms with van der Waals surface area (Å²) in [7, 11) is 0. The molecule has 0 atom stereocenters. The van der Waals surface area contributed by atoms with Gasteiger partial charge in [-0.25, -0.2) is 0 Å². The van der Waals surface area contributed by atoms with Gasteiger partial charge in [0.2, 0.25) is 0 Å². The summed E-state index contributed by atoms with van der Waals surface area (Å²) in [5, 5.41) is 0. The molecular weight excluding hydrogens is 98.1 g/mol. The number of allylic oxidation sites excluding steroid dienone is 2. The van der Waals surface area contributed by atoms with Gasteiger partial charge in [0.15, 0.2) is 0 Å². The predicted octanol–water partition coefficient (Wildman–Crippen LogP) is 1.85. The Balaban J connectivity index is 3.29. The molecule has 0 aromatic carbocycles. The van der Waals surface area contributed by atoms with E-state index in [1.54, 1.807) is 0 Å². The van der Waals surface area contributed by atoms with Gasteiger partial charge in [-0.15, -0.1) is 0 Å². The Labute approximate surface area is 51.6 Å². The minimum atomic E-state index is 0.811. The van der Waals surface area contributed by atoms with E-state index in [0.29, 0.717) is 0 Å². The Morgan fingerprint density at radius 1 is 1.75 bits per heavy atom. The van der Waals surface area contributed by atoms with Crippen molar-refractivity contribution < 1.29 is 0 Å². The zero-order valence-corrected chi connectivity index (χ0v) is 5.48. The van der Waals surface area contributed by atoms with Crippen LogP contribution in [0.2, 0.25) is 0 Å². The zero-order valence-electron chi connectivity index (χ0n) is 5.48. The Morgan fingerprint density at radius 3 is 2.75 bits per heavy atom. The molecule has 0 heterocycles. The first-order chi connectivity index (χ1) is 3.81. The molecule has 8 heavy (non-hydrogen) atoms. The topological polar surface area (TPSA) is 26.0 Å². The van der Waals surface area contributed by atoms with Crippen molar-refractivity contribution in [1.82, 2.24) is 0 Å². The van der Waals surface area contributed by atoms with Crippen LogP contribution in [0.15, 0.2) is 11.8 Å². The molecule has 0 saturated heterocycles. The van der Waals surface area contributed by atoms with Gasteiger partial charge in [-0.05, 0) is 19.8 Å². The molecule has 0 fully saturated rings. The minimum Gasteiger partial charge on any atom is -0.402 e. The molecule has 1 radical (unpaired) electrons. The van der Waals surface area contributed by atoms with Crippen molar-refractivity contribution in [3.63, 3.8) is 0 Å². The lowest BCUT2D eigenvalue weighted by Crippen LogP contribution is -1.94. The molecule has 0 aliphatic carbocycles. The summed E-state index contributed by atoms with van der Waals surface area (Å²) in [6, 6.07) is 0. The van der Waals surface area contributed by atoms with Crippen molar-refractivity contribution in [2.24, 2.45) is 5.73 Å². The number of nitrogens with two attached hydrogens (primary N) is 1. The summed E-state index contributed by atoms with van der Waals surface area (Å²) >= 11 is 0. The highest BCUT2D eigenvalue weighted by Crippen LogP contribution is 1.96. The Bertz CT molecular complexity index is 74.5. The van der Waals surface area contributed by atoms with Crippen LogP contribution in [-0.4, -0.2) is 0 Å². The van der Waals surface area contributed by atoms with E-state index in [2.05, 4.69) is 13.8 Å². The van der Waals surface area contributed by atoms with Gasteiger partial charge < -0.3 is 5.73 Å². The molecule has 2 N–H and O–H groups in total. The number of hydrogen-bond donors (Lipinski definition) is 1. The predicted molar refractivity (Wildman–Crippen MR) is 37.2 cm³/mol. The monoisotopic (exact) mass is 112 g/mol. The maximum Gasteiger partial charge on any atom is 0.00398 e. The molecule has 0 aromatic heterocycles. The van der Waals surface area contributed by atoms with E-state index >= 15 is 0 Å². The van der Waals surface area contributed by atoms with Crippen molar-refractivity contribution in [2.75, 3.05) is 0 Å². The van der Waals surface area contributed by atoms with E-state index in [1.165, 1.54) is 0 Å². The summed E-state index contributed by atoms with van der Waals surface area (Å²) in [6.45, 7) is 5.77. The van der Waals surface area contributed by atoms with E-state index < -0.39 is 0 Å². The average Bonchev–Trinajstić information content (AvgIpc) is 1.68. The maximum absolute atomic E-state index is 5.52. The fourth-order valence-corrected chi connectivity index (χ4v) is 0.576.